The number of aryl methyl sites for hydroxylation is 2. The minimum Gasteiger partial charge on any atom is -0.394 e. The predicted octanol–water partition coefficient (Wildman–Crippen LogP) is 2.48. The van der Waals surface area contributed by atoms with E-state index in [4.69, 9.17) is 10.7 Å². The smallest absolute Gasteiger partial charge is 0.270 e. The highest BCUT2D eigenvalue weighted by Gasteiger charge is 2.22. The number of carbonyl (C=O) groups excluding carboxylic acids is 2. The lowest BCUT2D eigenvalue weighted by Crippen LogP contribution is -2.51. The maximum atomic E-state index is 12.5. The van der Waals surface area contributed by atoms with Crippen LogP contribution in [0.1, 0.15) is 30.0 Å². The number of hydrogen-bond acceptors (Lipinski definition) is 4. The summed E-state index contributed by atoms with van der Waals surface area (Å²) in [5.74, 6) is -0.529. The number of benzene rings is 1. The van der Waals surface area contributed by atoms with Crippen LogP contribution in [0.15, 0.2) is 53.7 Å². The van der Waals surface area contributed by atoms with Crippen LogP contribution in [0.25, 0.3) is 5.70 Å². The van der Waals surface area contributed by atoms with Crippen molar-refractivity contribution in [2.45, 2.75) is 27.2 Å². The Bertz CT molecular complexity index is 865. The van der Waals surface area contributed by atoms with Crippen molar-refractivity contribution in [1.82, 2.24) is 10.2 Å². The predicted molar refractivity (Wildman–Crippen MR) is 114 cm³/mol. The normalized spacial score (nSPS) is 16.0. The van der Waals surface area contributed by atoms with Gasteiger partial charge in [-0.3, -0.25) is 14.6 Å². The molecule has 1 aliphatic heterocycles. The lowest BCUT2D eigenvalue weighted by molar-refractivity contribution is -0.135. The number of amides is 2. The van der Waals surface area contributed by atoms with E-state index in [9.17, 15) is 9.59 Å². The fourth-order valence-electron chi connectivity index (χ4n) is 2.81. The van der Waals surface area contributed by atoms with Gasteiger partial charge >= 0.3 is 0 Å². The minimum atomic E-state index is -0.351. The van der Waals surface area contributed by atoms with E-state index >= 15 is 0 Å². The second kappa shape index (κ2) is 9.69. The van der Waals surface area contributed by atoms with Crippen LogP contribution in [0.2, 0.25) is 0 Å². The highest BCUT2D eigenvalue weighted by atomic mass is 16.2. The molecule has 1 fully saturated rings. The molecule has 6 heteroatoms. The molecule has 148 valence electrons. The van der Waals surface area contributed by atoms with Gasteiger partial charge in [0.2, 0.25) is 5.91 Å². The number of nitrogens with one attached hydrogen (secondary N) is 1. The molecule has 0 aliphatic carbocycles. The molecule has 2 rings (SSSR count). The fourth-order valence-corrected chi connectivity index (χ4v) is 2.81. The average Bonchev–Trinajstić information content (AvgIpc) is 2.68. The van der Waals surface area contributed by atoms with E-state index in [2.05, 4.69) is 37.9 Å². The summed E-state index contributed by atoms with van der Waals surface area (Å²) in [5.41, 5.74) is 10.9. The van der Waals surface area contributed by atoms with E-state index in [1.54, 1.807) is 12.2 Å². The summed E-state index contributed by atoms with van der Waals surface area (Å²) in [6.45, 7) is 10.7. The quantitative estimate of drug-likeness (QED) is 0.451. The van der Waals surface area contributed by atoms with Crippen LogP contribution in [0.4, 0.5) is 0 Å². The van der Waals surface area contributed by atoms with E-state index in [-0.39, 0.29) is 24.1 Å². The summed E-state index contributed by atoms with van der Waals surface area (Å²) in [7, 11) is 0. The summed E-state index contributed by atoms with van der Waals surface area (Å²) >= 11 is 0. The molecule has 0 aromatic heterocycles. The van der Waals surface area contributed by atoms with Gasteiger partial charge in [0.15, 0.2) is 0 Å². The minimum absolute atomic E-state index is 0.0240. The van der Waals surface area contributed by atoms with Gasteiger partial charge in [-0.05, 0) is 49.6 Å². The van der Waals surface area contributed by atoms with Gasteiger partial charge in [-0.25, -0.2) is 0 Å². The van der Waals surface area contributed by atoms with Crippen LogP contribution < -0.4 is 11.1 Å². The molecule has 1 aromatic rings. The Kier molecular flexibility index (Phi) is 7.32. The summed E-state index contributed by atoms with van der Waals surface area (Å²) < 4.78 is 0. The zero-order valence-electron chi connectivity index (χ0n) is 16.8. The summed E-state index contributed by atoms with van der Waals surface area (Å²) in [6, 6.07) is 6.14. The molecule has 1 heterocycles. The molecule has 6 nitrogen and oxygen atoms in total. The zero-order chi connectivity index (χ0) is 20.7. The number of nitrogens with zero attached hydrogens (tertiary/aromatic N) is 2. The number of carbonyl (C=O) groups is 2. The van der Waals surface area contributed by atoms with Gasteiger partial charge in [0.05, 0.1) is 17.9 Å². The van der Waals surface area contributed by atoms with Crippen LogP contribution >= 0.6 is 0 Å². The molecule has 0 spiro atoms. The Labute approximate surface area is 166 Å². The largest absolute Gasteiger partial charge is 0.394 e. The Balaban J connectivity index is 2.30. The van der Waals surface area contributed by atoms with E-state index < -0.39 is 0 Å². The van der Waals surface area contributed by atoms with Crippen LogP contribution in [0, 0.1) is 13.8 Å². The number of hydrogen-bond donors (Lipinski definition) is 2. The first-order valence-corrected chi connectivity index (χ1v) is 9.36. The number of aliphatic imine (C=N–C) groups is 1. The standard InChI is InChI=1S/C22H28N4O2/c1-5-7-20(17-9-8-15(3)16(4)12-17)25-18(6-2)13-19(23)22(28)26-11-10-24-21(27)14-26/h5,7-9,12-13H,1,6,10-11,14,23H2,2-4H3,(H,24,27)/b19-13-,20-7-,25-18-. The number of allylic oxidation sites excluding steroid dienone is 3. The molecule has 1 aliphatic rings. The second-order valence-electron chi connectivity index (χ2n) is 6.72. The molecular formula is C22H28N4O2. The number of piperazine rings is 1. The summed E-state index contributed by atoms with van der Waals surface area (Å²) in [4.78, 5) is 30.2. The molecular weight excluding hydrogens is 352 g/mol. The Morgan fingerprint density at radius 2 is 2.11 bits per heavy atom. The van der Waals surface area contributed by atoms with E-state index in [0.29, 0.717) is 25.2 Å². The van der Waals surface area contributed by atoms with Crippen molar-refractivity contribution >= 4 is 23.2 Å². The first-order valence-electron chi connectivity index (χ1n) is 9.36. The monoisotopic (exact) mass is 380 g/mol. The average molecular weight is 380 g/mol. The third kappa shape index (κ3) is 5.42. The number of nitrogens with two attached hydrogens (primary N) is 1. The fraction of sp³-hybridized carbons (Fsp3) is 0.318. The first kappa shape index (κ1) is 21.2. The third-order valence-corrected chi connectivity index (χ3v) is 4.60. The van der Waals surface area contributed by atoms with E-state index in [0.717, 1.165) is 11.3 Å². The van der Waals surface area contributed by atoms with Gasteiger partial charge in [0.1, 0.15) is 0 Å². The van der Waals surface area contributed by atoms with Crippen LogP contribution in [0.3, 0.4) is 0 Å². The Morgan fingerprint density at radius 3 is 2.71 bits per heavy atom. The molecule has 28 heavy (non-hydrogen) atoms. The van der Waals surface area contributed by atoms with Crippen molar-refractivity contribution in [2.75, 3.05) is 19.6 Å². The summed E-state index contributed by atoms with van der Waals surface area (Å²) in [6.07, 6.45) is 5.72. The van der Waals surface area contributed by atoms with Gasteiger partial charge in [0, 0.05) is 24.4 Å². The maximum Gasteiger partial charge on any atom is 0.270 e. The van der Waals surface area contributed by atoms with E-state index in [1.807, 2.05) is 19.1 Å². The highest BCUT2D eigenvalue weighted by molar-refractivity contribution is 6.05. The van der Waals surface area contributed by atoms with E-state index in [1.165, 1.54) is 16.0 Å². The van der Waals surface area contributed by atoms with Gasteiger partial charge in [-0.2, -0.15) is 0 Å². The molecule has 0 radical (unpaired) electrons. The van der Waals surface area contributed by atoms with Crippen molar-refractivity contribution in [1.29, 1.82) is 0 Å². The molecule has 1 saturated heterocycles. The first-order chi connectivity index (χ1) is 13.3. The van der Waals surface area contributed by atoms with Crippen molar-refractivity contribution in [3.8, 4) is 0 Å². The number of rotatable bonds is 6. The van der Waals surface area contributed by atoms with Gasteiger partial charge in [-0.1, -0.05) is 31.7 Å². The highest BCUT2D eigenvalue weighted by Crippen LogP contribution is 2.20. The van der Waals surface area contributed by atoms with Crippen molar-refractivity contribution in [3.05, 3.63) is 65.4 Å². The van der Waals surface area contributed by atoms with Crippen molar-refractivity contribution in [2.24, 2.45) is 10.7 Å². The molecule has 2 amide bonds. The van der Waals surface area contributed by atoms with Crippen molar-refractivity contribution in [3.63, 3.8) is 0 Å². The lowest BCUT2D eigenvalue weighted by Gasteiger charge is -2.26. The second-order valence-corrected chi connectivity index (χ2v) is 6.72. The van der Waals surface area contributed by atoms with Gasteiger partial charge < -0.3 is 16.0 Å². The SMILES string of the molecule is C=C\C=C(/N=C(\C=C(/N)C(=O)N1CCNC(=O)C1)CC)c1ccc(C)c(C)c1. The van der Waals surface area contributed by atoms with Crippen LogP contribution in [0.5, 0.6) is 0 Å². The molecule has 0 atom stereocenters. The molecule has 0 unspecified atom stereocenters. The topological polar surface area (TPSA) is 87.8 Å². The van der Waals surface area contributed by atoms with Crippen LogP contribution in [-0.4, -0.2) is 42.1 Å². The molecule has 1 aromatic carbocycles. The van der Waals surface area contributed by atoms with Crippen LogP contribution in [-0.2, 0) is 9.59 Å². The lowest BCUT2D eigenvalue weighted by atomic mass is 10.0. The Hall–Kier alpha value is -3.15. The molecule has 0 bridgehead atoms. The Morgan fingerprint density at radius 1 is 1.36 bits per heavy atom. The third-order valence-electron chi connectivity index (χ3n) is 4.60. The van der Waals surface area contributed by atoms with Gasteiger partial charge in [-0.15, -0.1) is 0 Å². The van der Waals surface area contributed by atoms with Crippen molar-refractivity contribution < 1.29 is 9.59 Å². The molecule has 0 saturated carbocycles. The maximum absolute atomic E-state index is 12.5. The zero-order valence-corrected chi connectivity index (χ0v) is 16.8. The summed E-state index contributed by atoms with van der Waals surface area (Å²) in [5, 5.41) is 2.69. The molecule has 3 N–H and O–H groups in total. The van der Waals surface area contributed by atoms with Gasteiger partial charge in [0.25, 0.3) is 5.91 Å².